The summed E-state index contributed by atoms with van der Waals surface area (Å²) in [5.74, 6) is 0.627. The summed E-state index contributed by atoms with van der Waals surface area (Å²) in [4.78, 5) is 1.28. The van der Waals surface area contributed by atoms with Gasteiger partial charge < -0.3 is 14.8 Å². The minimum absolute atomic E-state index is 0.228. The van der Waals surface area contributed by atoms with E-state index in [1.54, 1.807) is 29.7 Å². The molecule has 2 heterocycles. The van der Waals surface area contributed by atoms with E-state index in [2.05, 4.69) is 39.6 Å². The van der Waals surface area contributed by atoms with Crippen molar-refractivity contribution in [2.45, 2.75) is 32.0 Å². The van der Waals surface area contributed by atoms with Crippen LogP contribution in [-0.4, -0.2) is 11.1 Å². The van der Waals surface area contributed by atoms with Crippen molar-refractivity contribution in [3.05, 3.63) is 45.0 Å². The van der Waals surface area contributed by atoms with Crippen LogP contribution in [0.2, 0.25) is 0 Å². The lowest BCUT2D eigenvalue weighted by Crippen LogP contribution is -2.27. The Labute approximate surface area is 119 Å². The predicted molar refractivity (Wildman–Crippen MR) is 76.6 cm³/mol. The van der Waals surface area contributed by atoms with Gasteiger partial charge >= 0.3 is 0 Å². The normalized spacial score (nSPS) is 14.6. The summed E-state index contributed by atoms with van der Waals surface area (Å²) in [6.07, 6.45) is 1.68. The summed E-state index contributed by atoms with van der Waals surface area (Å²) in [6.45, 7) is 2.89. The van der Waals surface area contributed by atoms with Crippen LogP contribution >= 0.6 is 27.3 Å². The number of furan rings is 1. The number of aliphatic hydroxyl groups excluding tert-OH is 1. The fourth-order valence-electron chi connectivity index (χ4n) is 1.74. The molecule has 2 N–H and O–H groups in total. The molecule has 0 aromatic carbocycles. The zero-order valence-corrected chi connectivity index (χ0v) is 12.5. The van der Waals surface area contributed by atoms with Crippen LogP contribution in [0.5, 0.6) is 0 Å². The number of thiophene rings is 1. The van der Waals surface area contributed by atoms with Gasteiger partial charge in [0.05, 0.1) is 6.26 Å². The second-order valence-electron chi connectivity index (χ2n) is 4.28. The van der Waals surface area contributed by atoms with Gasteiger partial charge in [0.1, 0.15) is 11.9 Å². The Bertz CT molecular complexity index is 469. The maximum atomic E-state index is 9.94. The number of hydrogen-bond donors (Lipinski definition) is 2. The van der Waals surface area contributed by atoms with Gasteiger partial charge in [-0.15, -0.1) is 11.3 Å². The molecule has 0 saturated carbocycles. The fraction of sp³-hybridized carbons (Fsp3) is 0.385. The van der Waals surface area contributed by atoms with Crippen molar-refractivity contribution in [3.8, 4) is 0 Å². The second-order valence-corrected chi connectivity index (χ2v) is 6.19. The topological polar surface area (TPSA) is 45.4 Å². The van der Waals surface area contributed by atoms with Crippen molar-refractivity contribution in [3.63, 3.8) is 0 Å². The van der Waals surface area contributed by atoms with Crippen molar-refractivity contribution in [2.75, 3.05) is 0 Å². The summed E-state index contributed by atoms with van der Waals surface area (Å²) in [6, 6.07) is 5.92. The molecule has 2 aromatic heterocycles. The van der Waals surface area contributed by atoms with Crippen molar-refractivity contribution < 1.29 is 9.52 Å². The van der Waals surface area contributed by atoms with Crippen molar-refractivity contribution in [1.82, 2.24) is 5.32 Å². The van der Waals surface area contributed by atoms with Gasteiger partial charge in [-0.2, -0.15) is 0 Å². The van der Waals surface area contributed by atoms with Crippen LogP contribution in [-0.2, 0) is 6.54 Å². The van der Waals surface area contributed by atoms with E-state index in [1.807, 2.05) is 0 Å². The molecule has 98 valence electrons. The molecule has 0 saturated heterocycles. The number of hydrogen-bond acceptors (Lipinski definition) is 4. The van der Waals surface area contributed by atoms with Gasteiger partial charge in [0.25, 0.3) is 0 Å². The van der Waals surface area contributed by atoms with E-state index in [4.69, 9.17) is 4.42 Å². The summed E-state index contributed by atoms with van der Waals surface area (Å²) < 4.78 is 6.30. The third-order valence-corrected chi connectivity index (χ3v) is 4.39. The molecule has 2 aromatic rings. The molecule has 2 atom stereocenters. The molecule has 0 aliphatic carbocycles. The molecule has 5 heteroatoms. The largest absolute Gasteiger partial charge is 0.467 e. The third-order valence-electron chi connectivity index (χ3n) is 2.69. The van der Waals surface area contributed by atoms with Crippen LogP contribution in [0.15, 0.2) is 38.7 Å². The van der Waals surface area contributed by atoms with Gasteiger partial charge in [-0.05, 0) is 47.5 Å². The van der Waals surface area contributed by atoms with Crippen LogP contribution < -0.4 is 5.32 Å². The highest BCUT2D eigenvalue weighted by molar-refractivity contribution is 9.10. The Hall–Kier alpha value is -0.620. The Morgan fingerprint density at radius 1 is 1.56 bits per heavy atom. The monoisotopic (exact) mass is 329 g/mol. The zero-order valence-electron chi connectivity index (χ0n) is 10.1. The molecule has 0 aliphatic rings. The summed E-state index contributed by atoms with van der Waals surface area (Å²) in [5, 5.41) is 15.4. The van der Waals surface area contributed by atoms with Gasteiger partial charge in [0, 0.05) is 27.3 Å². The molecule has 2 rings (SSSR count). The van der Waals surface area contributed by atoms with Gasteiger partial charge in [-0.25, -0.2) is 0 Å². The Morgan fingerprint density at radius 2 is 2.39 bits per heavy atom. The molecule has 0 bridgehead atoms. The molecule has 0 spiro atoms. The standard InChI is InChI=1S/C13H16BrNO2S/c1-9(5-12(16)13-3-2-4-17-13)15-7-11-6-10(14)8-18-11/h2-4,6,8-9,12,15-16H,5,7H2,1H3. The lowest BCUT2D eigenvalue weighted by molar-refractivity contribution is 0.128. The fourth-order valence-corrected chi connectivity index (χ4v) is 3.14. The van der Waals surface area contributed by atoms with Crippen molar-refractivity contribution >= 4 is 27.3 Å². The van der Waals surface area contributed by atoms with Crippen LogP contribution in [0.3, 0.4) is 0 Å². The highest BCUT2D eigenvalue weighted by atomic mass is 79.9. The number of nitrogens with one attached hydrogen (secondary N) is 1. The smallest absolute Gasteiger partial charge is 0.132 e. The van der Waals surface area contributed by atoms with E-state index in [1.165, 1.54) is 4.88 Å². The molecule has 2 unspecified atom stereocenters. The summed E-state index contributed by atoms with van der Waals surface area (Å²) in [5.41, 5.74) is 0. The lowest BCUT2D eigenvalue weighted by atomic mass is 10.1. The molecule has 0 radical (unpaired) electrons. The highest BCUT2D eigenvalue weighted by Crippen LogP contribution is 2.21. The number of rotatable bonds is 6. The van der Waals surface area contributed by atoms with E-state index < -0.39 is 6.10 Å². The molecule has 0 amide bonds. The van der Waals surface area contributed by atoms with Crippen LogP contribution in [0.1, 0.15) is 30.1 Å². The average molecular weight is 330 g/mol. The van der Waals surface area contributed by atoms with E-state index in [-0.39, 0.29) is 6.04 Å². The average Bonchev–Trinajstić information content (AvgIpc) is 2.97. The minimum Gasteiger partial charge on any atom is -0.467 e. The first-order valence-electron chi connectivity index (χ1n) is 5.83. The van der Waals surface area contributed by atoms with E-state index >= 15 is 0 Å². The maximum Gasteiger partial charge on any atom is 0.132 e. The van der Waals surface area contributed by atoms with Crippen LogP contribution in [0, 0.1) is 0 Å². The first-order valence-corrected chi connectivity index (χ1v) is 7.50. The SMILES string of the molecule is CC(CC(O)c1ccco1)NCc1cc(Br)cs1. The number of halogens is 1. The van der Waals surface area contributed by atoms with Gasteiger partial charge in [-0.1, -0.05) is 0 Å². The molecule has 18 heavy (non-hydrogen) atoms. The first-order chi connectivity index (χ1) is 8.65. The van der Waals surface area contributed by atoms with E-state index in [9.17, 15) is 5.11 Å². The first kappa shape index (κ1) is 13.8. The molecule has 0 fully saturated rings. The maximum absolute atomic E-state index is 9.94. The van der Waals surface area contributed by atoms with Crippen LogP contribution in [0.25, 0.3) is 0 Å². The third kappa shape index (κ3) is 3.95. The predicted octanol–water partition coefficient (Wildman–Crippen LogP) is 3.71. The molecular formula is C13H16BrNO2S. The van der Waals surface area contributed by atoms with Crippen LogP contribution in [0.4, 0.5) is 0 Å². The van der Waals surface area contributed by atoms with Gasteiger partial charge in [0.15, 0.2) is 0 Å². The molecule has 0 aliphatic heterocycles. The lowest BCUT2D eigenvalue weighted by Gasteiger charge is -2.16. The van der Waals surface area contributed by atoms with Crippen molar-refractivity contribution in [2.24, 2.45) is 0 Å². The van der Waals surface area contributed by atoms with E-state index in [0.717, 1.165) is 11.0 Å². The van der Waals surface area contributed by atoms with E-state index in [0.29, 0.717) is 12.2 Å². The number of aliphatic hydroxyl groups is 1. The Morgan fingerprint density at radius 3 is 3.00 bits per heavy atom. The highest BCUT2D eigenvalue weighted by Gasteiger charge is 2.14. The molecule has 3 nitrogen and oxygen atoms in total. The zero-order chi connectivity index (χ0) is 13.0. The Kier molecular flexibility index (Phi) is 5.00. The van der Waals surface area contributed by atoms with Gasteiger partial charge in [0.2, 0.25) is 0 Å². The second kappa shape index (κ2) is 6.52. The minimum atomic E-state index is -0.544. The molecular weight excluding hydrogens is 314 g/mol. The summed E-state index contributed by atoms with van der Waals surface area (Å²) >= 11 is 5.15. The Balaban J connectivity index is 1.76. The summed E-state index contributed by atoms with van der Waals surface area (Å²) in [7, 11) is 0. The van der Waals surface area contributed by atoms with Gasteiger partial charge in [-0.3, -0.25) is 0 Å². The van der Waals surface area contributed by atoms with Crippen molar-refractivity contribution in [1.29, 1.82) is 0 Å². The quantitative estimate of drug-likeness (QED) is 0.849.